The molecule has 1 N–H and O–H groups in total. The Morgan fingerprint density at radius 3 is 2.46 bits per heavy atom. The first kappa shape index (κ1) is 18.0. The number of sulfonamides is 1. The maximum absolute atomic E-state index is 12.5. The first-order chi connectivity index (χ1) is 12.3. The van der Waals surface area contributed by atoms with Crippen molar-refractivity contribution in [3.63, 3.8) is 0 Å². The van der Waals surface area contributed by atoms with Crippen molar-refractivity contribution in [3.05, 3.63) is 69.1 Å². The average Bonchev–Trinajstić information content (AvgIpc) is 2.95. The van der Waals surface area contributed by atoms with Crippen LogP contribution < -0.4 is 4.72 Å². The van der Waals surface area contributed by atoms with E-state index in [9.17, 15) is 18.5 Å². The lowest BCUT2D eigenvalue weighted by Crippen LogP contribution is -2.13. The molecule has 0 radical (unpaired) electrons. The van der Waals surface area contributed by atoms with Gasteiger partial charge < -0.3 is 0 Å². The van der Waals surface area contributed by atoms with Crippen LogP contribution in [-0.4, -0.2) is 18.3 Å². The first-order valence-corrected chi connectivity index (χ1v) is 9.88. The van der Waals surface area contributed by atoms with Crippen molar-refractivity contribution in [2.45, 2.75) is 18.7 Å². The van der Waals surface area contributed by atoms with Crippen molar-refractivity contribution in [3.8, 4) is 11.3 Å². The largest absolute Gasteiger partial charge is 0.270 e. The molecule has 0 saturated carbocycles. The number of aryl methyl sites for hydroxylation is 2. The highest BCUT2D eigenvalue weighted by atomic mass is 32.2. The van der Waals surface area contributed by atoms with Gasteiger partial charge in [-0.1, -0.05) is 35.9 Å². The number of thiazole rings is 1. The van der Waals surface area contributed by atoms with Gasteiger partial charge in [-0.15, -0.1) is 11.3 Å². The molecule has 3 rings (SSSR count). The van der Waals surface area contributed by atoms with Crippen LogP contribution in [-0.2, 0) is 10.0 Å². The van der Waals surface area contributed by atoms with E-state index in [1.807, 2.05) is 38.1 Å². The fraction of sp³-hybridized carbons (Fsp3) is 0.118. The Kier molecular flexibility index (Phi) is 4.75. The molecule has 0 saturated heterocycles. The van der Waals surface area contributed by atoms with E-state index in [-0.39, 0.29) is 15.7 Å². The number of non-ortho nitro benzene ring substituents is 1. The summed E-state index contributed by atoms with van der Waals surface area (Å²) in [6.07, 6.45) is 0. The minimum Gasteiger partial charge on any atom is -0.258 e. The minimum atomic E-state index is -3.97. The van der Waals surface area contributed by atoms with E-state index >= 15 is 0 Å². The summed E-state index contributed by atoms with van der Waals surface area (Å²) in [7, 11) is -3.97. The molecule has 0 bridgehead atoms. The van der Waals surface area contributed by atoms with Crippen molar-refractivity contribution in [2.75, 3.05) is 4.72 Å². The van der Waals surface area contributed by atoms with Gasteiger partial charge in [0, 0.05) is 22.6 Å². The predicted octanol–water partition coefficient (Wildman–Crippen LogP) is 4.14. The van der Waals surface area contributed by atoms with E-state index in [2.05, 4.69) is 9.71 Å². The molecule has 26 heavy (non-hydrogen) atoms. The number of nitrogens with one attached hydrogen (secondary N) is 1. The zero-order chi connectivity index (χ0) is 18.9. The molecule has 3 aromatic rings. The summed E-state index contributed by atoms with van der Waals surface area (Å²) in [4.78, 5) is 15.3. The molecule has 0 unspecified atom stereocenters. The van der Waals surface area contributed by atoms with Crippen molar-refractivity contribution in [1.82, 2.24) is 4.98 Å². The maximum Gasteiger partial charge on any atom is 0.270 e. The van der Waals surface area contributed by atoms with Gasteiger partial charge in [0.2, 0.25) is 0 Å². The number of rotatable bonds is 5. The van der Waals surface area contributed by atoms with Crippen LogP contribution in [0.4, 0.5) is 10.8 Å². The molecular weight excluding hydrogens is 374 g/mol. The Balaban J connectivity index is 1.91. The molecule has 0 aliphatic rings. The summed E-state index contributed by atoms with van der Waals surface area (Å²) in [6, 6.07) is 12.7. The van der Waals surface area contributed by atoms with Crippen LogP contribution in [0.2, 0.25) is 0 Å². The molecule has 134 valence electrons. The number of hydrogen-bond acceptors (Lipinski definition) is 6. The molecule has 0 amide bonds. The molecule has 0 spiro atoms. The Hall–Kier alpha value is -2.78. The topological polar surface area (TPSA) is 102 Å². The molecule has 1 heterocycles. The van der Waals surface area contributed by atoms with E-state index in [0.29, 0.717) is 5.69 Å². The minimum absolute atomic E-state index is 0.184. The van der Waals surface area contributed by atoms with Crippen LogP contribution in [0.3, 0.4) is 0 Å². The lowest BCUT2D eigenvalue weighted by molar-refractivity contribution is -0.385. The van der Waals surface area contributed by atoms with E-state index in [1.165, 1.54) is 29.5 Å². The standard InChI is InChI=1S/C17H15N3O4S2/c1-11-6-8-13(9-7-11)16-12(2)25-17(18-16)19-26(23,24)15-5-3-4-14(10-15)20(21)22/h3-10H,1-2H3,(H,18,19). The number of aromatic nitrogens is 1. The summed E-state index contributed by atoms with van der Waals surface area (Å²) in [5.41, 5.74) is 2.42. The predicted molar refractivity (Wildman–Crippen MR) is 101 cm³/mol. The fourth-order valence-electron chi connectivity index (χ4n) is 2.36. The van der Waals surface area contributed by atoms with Crippen LogP contribution in [0.25, 0.3) is 11.3 Å². The van der Waals surface area contributed by atoms with Crippen molar-refractivity contribution in [2.24, 2.45) is 0 Å². The van der Waals surface area contributed by atoms with Gasteiger partial charge in [-0.3, -0.25) is 14.8 Å². The van der Waals surface area contributed by atoms with Crippen LogP contribution in [0.5, 0.6) is 0 Å². The molecule has 0 fully saturated rings. The van der Waals surface area contributed by atoms with Crippen LogP contribution in [0.1, 0.15) is 10.4 Å². The Morgan fingerprint density at radius 2 is 1.81 bits per heavy atom. The normalized spacial score (nSPS) is 11.3. The zero-order valence-corrected chi connectivity index (χ0v) is 15.6. The van der Waals surface area contributed by atoms with Gasteiger partial charge in [0.25, 0.3) is 15.7 Å². The maximum atomic E-state index is 12.5. The smallest absolute Gasteiger partial charge is 0.258 e. The number of benzene rings is 2. The summed E-state index contributed by atoms with van der Waals surface area (Å²) in [6.45, 7) is 3.84. The quantitative estimate of drug-likeness (QED) is 0.522. The van der Waals surface area contributed by atoms with Crippen LogP contribution in [0.15, 0.2) is 53.4 Å². The summed E-state index contributed by atoms with van der Waals surface area (Å²) < 4.78 is 27.4. The highest BCUT2D eigenvalue weighted by Crippen LogP contribution is 2.32. The molecule has 0 atom stereocenters. The van der Waals surface area contributed by atoms with Crippen LogP contribution in [0, 0.1) is 24.0 Å². The zero-order valence-electron chi connectivity index (χ0n) is 14.0. The highest BCUT2D eigenvalue weighted by molar-refractivity contribution is 7.93. The van der Waals surface area contributed by atoms with Gasteiger partial charge in [-0.2, -0.15) is 0 Å². The molecule has 9 heteroatoms. The second kappa shape index (κ2) is 6.85. The molecule has 0 aliphatic carbocycles. The third-order valence-electron chi connectivity index (χ3n) is 3.68. The van der Waals surface area contributed by atoms with E-state index in [1.54, 1.807) is 0 Å². The average molecular weight is 389 g/mol. The van der Waals surface area contributed by atoms with Crippen molar-refractivity contribution >= 4 is 32.2 Å². The number of nitro benzene ring substituents is 1. The van der Waals surface area contributed by atoms with Crippen molar-refractivity contribution < 1.29 is 13.3 Å². The fourth-order valence-corrected chi connectivity index (χ4v) is 4.47. The molecule has 1 aromatic heterocycles. The number of nitrogens with zero attached hydrogens (tertiary/aromatic N) is 2. The lowest BCUT2D eigenvalue weighted by Gasteiger charge is -2.04. The number of anilines is 1. The highest BCUT2D eigenvalue weighted by Gasteiger charge is 2.20. The lowest BCUT2D eigenvalue weighted by atomic mass is 10.1. The Bertz CT molecular complexity index is 1070. The van der Waals surface area contributed by atoms with Crippen molar-refractivity contribution in [1.29, 1.82) is 0 Å². The Labute approximate surface area is 154 Å². The Morgan fingerprint density at radius 1 is 1.12 bits per heavy atom. The summed E-state index contributed by atoms with van der Waals surface area (Å²) in [5, 5.41) is 11.1. The SMILES string of the molecule is Cc1ccc(-c2nc(NS(=O)(=O)c3cccc([N+](=O)[O-])c3)sc2C)cc1. The van der Waals surface area contributed by atoms with E-state index in [0.717, 1.165) is 22.1 Å². The summed E-state index contributed by atoms with van der Waals surface area (Å²) in [5.74, 6) is 0. The van der Waals surface area contributed by atoms with Gasteiger partial charge in [0.15, 0.2) is 5.13 Å². The third-order valence-corrected chi connectivity index (χ3v) is 6.03. The van der Waals surface area contributed by atoms with Gasteiger partial charge in [-0.05, 0) is 19.9 Å². The van der Waals surface area contributed by atoms with E-state index < -0.39 is 14.9 Å². The summed E-state index contributed by atoms with van der Waals surface area (Å²) >= 11 is 1.21. The molecule has 0 aliphatic heterocycles. The number of nitro groups is 1. The monoisotopic (exact) mass is 389 g/mol. The second-order valence-corrected chi connectivity index (χ2v) is 8.54. The first-order valence-electron chi connectivity index (χ1n) is 7.58. The second-order valence-electron chi connectivity index (χ2n) is 5.65. The third kappa shape index (κ3) is 3.73. The van der Waals surface area contributed by atoms with Gasteiger partial charge >= 0.3 is 0 Å². The molecule has 7 nitrogen and oxygen atoms in total. The van der Waals surface area contributed by atoms with Crippen LogP contribution >= 0.6 is 11.3 Å². The van der Waals surface area contributed by atoms with Gasteiger partial charge in [0.1, 0.15) is 0 Å². The molecular formula is C17H15N3O4S2. The van der Waals surface area contributed by atoms with Gasteiger partial charge in [-0.25, -0.2) is 13.4 Å². The van der Waals surface area contributed by atoms with Gasteiger partial charge in [0.05, 0.1) is 15.5 Å². The number of hydrogen-bond donors (Lipinski definition) is 1. The van der Waals surface area contributed by atoms with E-state index in [4.69, 9.17) is 0 Å². The molecule has 2 aromatic carbocycles.